The van der Waals surface area contributed by atoms with E-state index in [9.17, 15) is 21.6 Å². The van der Waals surface area contributed by atoms with Crippen LogP contribution in [0.1, 0.15) is 0 Å². The van der Waals surface area contributed by atoms with Gasteiger partial charge in [0, 0.05) is 4.47 Å². The van der Waals surface area contributed by atoms with Gasteiger partial charge in [0.05, 0.1) is 13.1 Å². The van der Waals surface area contributed by atoms with Gasteiger partial charge in [-0.2, -0.15) is 0 Å². The van der Waals surface area contributed by atoms with Gasteiger partial charge in [-0.3, -0.25) is 0 Å². The number of nitrogens with two attached hydrogens (primary N) is 1. The Morgan fingerprint density at radius 1 is 1.39 bits per heavy atom. The summed E-state index contributed by atoms with van der Waals surface area (Å²) in [5, 5.41) is 0. The van der Waals surface area contributed by atoms with Crippen molar-refractivity contribution in [2.24, 2.45) is 5.73 Å². The Morgan fingerprint density at radius 3 is 2.56 bits per heavy atom. The highest BCUT2D eigenvalue weighted by Crippen LogP contribution is 2.20. The Bertz CT molecular complexity index is 537. The molecule has 4 nitrogen and oxygen atoms in total. The van der Waals surface area contributed by atoms with E-state index in [1.807, 2.05) is 0 Å². The number of nitrogens with one attached hydrogen (secondary N) is 1. The summed E-state index contributed by atoms with van der Waals surface area (Å²) in [6.45, 7) is -2.19. The van der Waals surface area contributed by atoms with Crippen molar-refractivity contribution in [2.45, 2.75) is 10.8 Å². The van der Waals surface area contributed by atoms with Crippen molar-refractivity contribution >= 4 is 26.0 Å². The number of alkyl halides is 2. The van der Waals surface area contributed by atoms with E-state index >= 15 is 0 Å². The molecule has 0 aliphatic rings. The van der Waals surface area contributed by atoms with Gasteiger partial charge in [-0.1, -0.05) is 15.9 Å². The first kappa shape index (κ1) is 15.4. The first-order chi connectivity index (χ1) is 8.18. The van der Waals surface area contributed by atoms with E-state index in [0.29, 0.717) is 4.47 Å². The van der Waals surface area contributed by atoms with Crippen molar-refractivity contribution in [3.8, 4) is 0 Å². The lowest BCUT2D eigenvalue weighted by molar-refractivity contribution is 0.0170. The fourth-order valence-electron chi connectivity index (χ4n) is 1.03. The third-order valence-corrected chi connectivity index (χ3v) is 3.91. The second-order valence-corrected chi connectivity index (χ2v) is 6.11. The lowest BCUT2D eigenvalue weighted by Gasteiger charge is -2.15. The molecule has 0 bridgehead atoms. The van der Waals surface area contributed by atoms with Gasteiger partial charge in [-0.05, 0) is 18.2 Å². The number of hydrogen-bond acceptors (Lipinski definition) is 3. The van der Waals surface area contributed by atoms with Crippen molar-refractivity contribution in [2.75, 3.05) is 13.1 Å². The Labute approximate surface area is 111 Å². The fraction of sp³-hybridized carbons (Fsp3) is 0.333. The standard InChI is InChI=1S/C9H10BrF3N2O2S/c10-6-1-2-7(11)8(3-6)18(16,17)15-5-9(12,13)4-14/h1-3,15H,4-5,14H2. The van der Waals surface area contributed by atoms with E-state index in [1.54, 1.807) is 4.72 Å². The zero-order chi connectivity index (χ0) is 14.0. The first-order valence-electron chi connectivity index (χ1n) is 4.70. The lowest BCUT2D eigenvalue weighted by atomic mass is 10.3. The molecule has 0 fully saturated rings. The van der Waals surface area contributed by atoms with E-state index in [2.05, 4.69) is 15.9 Å². The number of halogens is 4. The normalized spacial score (nSPS) is 12.7. The van der Waals surface area contributed by atoms with E-state index in [0.717, 1.165) is 12.1 Å². The van der Waals surface area contributed by atoms with Crippen LogP contribution in [0.2, 0.25) is 0 Å². The monoisotopic (exact) mass is 346 g/mol. The van der Waals surface area contributed by atoms with Crippen LogP contribution >= 0.6 is 15.9 Å². The predicted molar refractivity (Wildman–Crippen MR) is 63.3 cm³/mol. The van der Waals surface area contributed by atoms with Crippen molar-refractivity contribution in [3.63, 3.8) is 0 Å². The molecule has 0 spiro atoms. The molecule has 1 rings (SSSR count). The highest BCUT2D eigenvalue weighted by atomic mass is 79.9. The van der Waals surface area contributed by atoms with Crippen LogP contribution in [0.4, 0.5) is 13.2 Å². The van der Waals surface area contributed by atoms with Crippen LogP contribution in [0.25, 0.3) is 0 Å². The van der Waals surface area contributed by atoms with Gasteiger partial charge in [0.1, 0.15) is 10.7 Å². The molecule has 0 saturated carbocycles. The second kappa shape index (κ2) is 5.55. The highest BCUT2D eigenvalue weighted by molar-refractivity contribution is 9.10. The lowest BCUT2D eigenvalue weighted by Crippen LogP contribution is -2.41. The number of rotatable bonds is 5. The third-order valence-electron chi connectivity index (χ3n) is 2.00. The summed E-state index contributed by atoms with van der Waals surface area (Å²) in [4.78, 5) is -0.704. The topological polar surface area (TPSA) is 72.2 Å². The molecule has 0 aromatic heterocycles. The fourth-order valence-corrected chi connectivity index (χ4v) is 2.71. The highest BCUT2D eigenvalue weighted by Gasteiger charge is 2.30. The van der Waals surface area contributed by atoms with E-state index in [4.69, 9.17) is 5.73 Å². The van der Waals surface area contributed by atoms with Crippen LogP contribution in [-0.4, -0.2) is 27.4 Å². The smallest absolute Gasteiger partial charge is 0.273 e. The maximum Gasteiger partial charge on any atom is 0.273 e. The summed E-state index contributed by atoms with van der Waals surface area (Å²) in [5.41, 5.74) is 4.76. The summed E-state index contributed by atoms with van der Waals surface area (Å²) >= 11 is 2.97. The van der Waals surface area contributed by atoms with E-state index < -0.39 is 39.7 Å². The second-order valence-electron chi connectivity index (χ2n) is 3.46. The number of hydrogen-bond donors (Lipinski definition) is 2. The van der Waals surface area contributed by atoms with Crippen molar-refractivity contribution in [1.82, 2.24) is 4.72 Å². The molecule has 102 valence electrons. The maximum atomic E-state index is 13.3. The van der Waals surface area contributed by atoms with Gasteiger partial charge >= 0.3 is 0 Å². The summed E-state index contributed by atoms with van der Waals surface area (Å²) in [7, 11) is -4.35. The Kier molecular flexibility index (Phi) is 4.76. The molecule has 0 heterocycles. The summed E-state index contributed by atoms with van der Waals surface area (Å²) in [6, 6.07) is 3.20. The van der Waals surface area contributed by atoms with Crippen LogP contribution in [0.5, 0.6) is 0 Å². The van der Waals surface area contributed by atoms with Crippen LogP contribution in [0.3, 0.4) is 0 Å². The zero-order valence-electron chi connectivity index (χ0n) is 8.96. The van der Waals surface area contributed by atoms with Gasteiger partial charge in [0.2, 0.25) is 10.0 Å². The van der Waals surface area contributed by atoms with Crippen LogP contribution in [0, 0.1) is 5.82 Å². The average Bonchev–Trinajstić information content (AvgIpc) is 2.30. The molecule has 0 unspecified atom stereocenters. The SMILES string of the molecule is NCC(F)(F)CNS(=O)(=O)c1cc(Br)ccc1F. The minimum atomic E-state index is -4.35. The third kappa shape index (κ3) is 3.94. The molecule has 18 heavy (non-hydrogen) atoms. The van der Waals surface area contributed by atoms with Gasteiger partial charge < -0.3 is 5.73 Å². The summed E-state index contributed by atoms with van der Waals surface area (Å²) in [6.07, 6.45) is 0. The molecule has 3 N–H and O–H groups in total. The largest absolute Gasteiger partial charge is 0.325 e. The molecule has 0 aliphatic carbocycles. The predicted octanol–water partition coefficient (Wildman–Crippen LogP) is 1.46. The molecule has 1 aromatic rings. The number of benzene rings is 1. The molecule has 0 atom stereocenters. The Balaban J connectivity index is 2.97. The maximum absolute atomic E-state index is 13.3. The summed E-state index contributed by atoms with van der Waals surface area (Å²) < 4.78 is 64.1. The zero-order valence-corrected chi connectivity index (χ0v) is 11.4. The van der Waals surface area contributed by atoms with Gasteiger partial charge in [-0.15, -0.1) is 0 Å². The van der Waals surface area contributed by atoms with Crippen molar-refractivity contribution in [3.05, 3.63) is 28.5 Å². The molecule has 0 saturated heterocycles. The minimum Gasteiger partial charge on any atom is -0.325 e. The van der Waals surface area contributed by atoms with Crippen LogP contribution in [0.15, 0.2) is 27.6 Å². The van der Waals surface area contributed by atoms with Gasteiger partial charge in [-0.25, -0.2) is 26.3 Å². The quantitative estimate of drug-likeness (QED) is 0.847. The molecular weight excluding hydrogens is 337 g/mol. The van der Waals surface area contributed by atoms with Crippen molar-refractivity contribution in [1.29, 1.82) is 0 Å². The summed E-state index contributed by atoms with van der Waals surface area (Å²) in [5.74, 6) is -4.41. The van der Waals surface area contributed by atoms with Gasteiger partial charge in [0.25, 0.3) is 5.92 Å². The van der Waals surface area contributed by atoms with Gasteiger partial charge in [0.15, 0.2) is 0 Å². The van der Waals surface area contributed by atoms with Crippen LogP contribution in [-0.2, 0) is 10.0 Å². The van der Waals surface area contributed by atoms with Crippen LogP contribution < -0.4 is 10.5 Å². The Morgan fingerprint density at radius 2 is 2.00 bits per heavy atom. The molecule has 0 amide bonds. The van der Waals surface area contributed by atoms with E-state index in [1.165, 1.54) is 6.07 Å². The molecular formula is C9H10BrF3N2O2S. The average molecular weight is 347 g/mol. The Hall–Kier alpha value is -0.640. The van der Waals surface area contributed by atoms with E-state index in [-0.39, 0.29) is 0 Å². The molecule has 9 heteroatoms. The van der Waals surface area contributed by atoms with Crippen molar-refractivity contribution < 1.29 is 21.6 Å². The minimum absolute atomic E-state index is 0.315. The first-order valence-corrected chi connectivity index (χ1v) is 6.98. The number of sulfonamides is 1. The molecule has 0 radical (unpaired) electrons. The molecule has 1 aromatic carbocycles. The molecule has 0 aliphatic heterocycles.